The van der Waals surface area contributed by atoms with Crippen LogP contribution in [0, 0.1) is 0 Å². The van der Waals surface area contributed by atoms with Crippen LogP contribution in [0.3, 0.4) is 0 Å². The van der Waals surface area contributed by atoms with Gasteiger partial charge in [-0.15, -0.1) is 0 Å². The molecule has 5 atom stereocenters. The third-order valence-corrected chi connectivity index (χ3v) is 6.51. The molecular formula is C27H34N4O7. The SMILES string of the molecule is C[C@@H](O)[C@H](NC(=O)[C@H](Cc1ccccc1)NC(=O)[C@@H]1CCCN1C(=O)[C@@H](N)Cc1ccc(O)cc1)C(=O)O. The second-order valence-corrected chi connectivity index (χ2v) is 9.48. The molecule has 0 aromatic heterocycles. The molecular weight excluding hydrogens is 492 g/mol. The number of carbonyl (C=O) groups is 4. The summed E-state index contributed by atoms with van der Waals surface area (Å²) in [5, 5.41) is 33.6. The number of likely N-dealkylation sites (tertiary alicyclic amines) is 1. The highest BCUT2D eigenvalue weighted by Gasteiger charge is 2.38. The number of benzene rings is 2. The average molecular weight is 527 g/mol. The molecule has 1 heterocycles. The summed E-state index contributed by atoms with van der Waals surface area (Å²) in [6, 6.07) is 10.8. The quantitative estimate of drug-likeness (QED) is 0.235. The Morgan fingerprint density at radius 3 is 2.24 bits per heavy atom. The van der Waals surface area contributed by atoms with Crippen LogP contribution in [0.5, 0.6) is 5.75 Å². The molecule has 7 N–H and O–H groups in total. The fourth-order valence-electron chi connectivity index (χ4n) is 4.46. The summed E-state index contributed by atoms with van der Waals surface area (Å²) >= 11 is 0. The Hall–Kier alpha value is -3.96. The van der Waals surface area contributed by atoms with E-state index in [1.54, 1.807) is 42.5 Å². The number of amides is 3. The molecule has 0 aliphatic carbocycles. The van der Waals surface area contributed by atoms with Crippen molar-refractivity contribution in [2.75, 3.05) is 6.54 Å². The molecule has 0 radical (unpaired) electrons. The third-order valence-electron chi connectivity index (χ3n) is 6.51. The second kappa shape index (κ2) is 13.0. The fraction of sp³-hybridized carbons (Fsp3) is 0.407. The Morgan fingerprint density at radius 2 is 1.63 bits per heavy atom. The molecule has 1 fully saturated rings. The van der Waals surface area contributed by atoms with E-state index in [1.807, 2.05) is 0 Å². The fourth-order valence-corrected chi connectivity index (χ4v) is 4.46. The zero-order valence-electron chi connectivity index (χ0n) is 21.1. The van der Waals surface area contributed by atoms with E-state index in [4.69, 9.17) is 5.73 Å². The Balaban J connectivity index is 1.72. The third kappa shape index (κ3) is 7.53. The molecule has 11 nitrogen and oxygen atoms in total. The first-order valence-electron chi connectivity index (χ1n) is 12.5. The number of nitrogens with zero attached hydrogens (tertiary/aromatic N) is 1. The lowest BCUT2D eigenvalue weighted by Gasteiger charge is -2.29. The number of hydrogen-bond donors (Lipinski definition) is 6. The molecule has 1 saturated heterocycles. The van der Waals surface area contributed by atoms with Crippen LogP contribution in [-0.2, 0) is 32.0 Å². The van der Waals surface area contributed by atoms with Crippen LogP contribution in [-0.4, -0.2) is 80.7 Å². The molecule has 11 heteroatoms. The van der Waals surface area contributed by atoms with Gasteiger partial charge in [-0.2, -0.15) is 0 Å². The van der Waals surface area contributed by atoms with Crippen LogP contribution >= 0.6 is 0 Å². The van der Waals surface area contributed by atoms with Crippen LogP contribution in [0.25, 0.3) is 0 Å². The molecule has 2 aromatic rings. The second-order valence-electron chi connectivity index (χ2n) is 9.48. The number of hydrogen-bond acceptors (Lipinski definition) is 7. The van der Waals surface area contributed by atoms with Crippen molar-refractivity contribution in [2.45, 2.75) is 62.9 Å². The van der Waals surface area contributed by atoms with Crippen LogP contribution < -0.4 is 16.4 Å². The maximum absolute atomic E-state index is 13.3. The first-order chi connectivity index (χ1) is 18.1. The van der Waals surface area contributed by atoms with Crippen molar-refractivity contribution in [3.63, 3.8) is 0 Å². The molecule has 2 aromatic carbocycles. The number of rotatable bonds is 11. The number of aromatic hydroxyl groups is 1. The van der Waals surface area contributed by atoms with E-state index in [1.165, 1.54) is 24.0 Å². The Morgan fingerprint density at radius 1 is 1.00 bits per heavy atom. The van der Waals surface area contributed by atoms with Gasteiger partial charge < -0.3 is 36.6 Å². The summed E-state index contributed by atoms with van der Waals surface area (Å²) < 4.78 is 0. The van der Waals surface area contributed by atoms with Gasteiger partial charge >= 0.3 is 5.97 Å². The van der Waals surface area contributed by atoms with E-state index >= 15 is 0 Å². The summed E-state index contributed by atoms with van der Waals surface area (Å²) in [5.41, 5.74) is 7.65. The number of carbonyl (C=O) groups excluding carboxylic acids is 3. The number of phenols is 1. The number of phenolic OH excluding ortho intramolecular Hbond substituents is 1. The predicted molar refractivity (Wildman–Crippen MR) is 138 cm³/mol. The van der Waals surface area contributed by atoms with Gasteiger partial charge in [0.25, 0.3) is 0 Å². The van der Waals surface area contributed by atoms with Crippen LogP contribution in [0.15, 0.2) is 54.6 Å². The zero-order valence-corrected chi connectivity index (χ0v) is 21.1. The molecule has 0 spiro atoms. The van der Waals surface area contributed by atoms with E-state index in [2.05, 4.69) is 10.6 Å². The summed E-state index contributed by atoms with van der Waals surface area (Å²) in [4.78, 5) is 52.4. The first-order valence-corrected chi connectivity index (χ1v) is 12.5. The van der Waals surface area contributed by atoms with Gasteiger partial charge in [-0.25, -0.2) is 4.79 Å². The predicted octanol–water partition coefficient (Wildman–Crippen LogP) is -0.0693. The number of aliphatic hydroxyl groups is 1. The number of aliphatic carboxylic acids is 1. The van der Waals surface area contributed by atoms with Crippen LogP contribution in [0.1, 0.15) is 30.9 Å². The smallest absolute Gasteiger partial charge is 0.328 e. The topological polar surface area (TPSA) is 182 Å². The van der Waals surface area contributed by atoms with Crippen molar-refractivity contribution in [2.24, 2.45) is 5.73 Å². The normalized spacial score (nSPS) is 18.2. The van der Waals surface area contributed by atoms with E-state index in [0.29, 0.717) is 19.4 Å². The highest BCUT2D eigenvalue weighted by molar-refractivity contribution is 5.94. The highest BCUT2D eigenvalue weighted by Crippen LogP contribution is 2.20. The minimum Gasteiger partial charge on any atom is -0.508 e. The lowest BCUT2D eigenvalue weighted by atomic mass is 10.0. The number of nitrogens with one attached hydrogen (secondary N) is 2. The molecule has 38 heavy (non-hydrogen) atoms. The number of carboxylic acids is 1. The molecule has 3 amide bonds. The van der Waals surface area contributed by atoms with Gasteiger partial charge in [0.2, 0.25) is 17.7 Å². The zero-order chi connectivity index (χ0) is 27.8. The largest absolute Gasteiger partial charge is 0.508 e. The Kier molecular flexibility index (Phi) is 9.80. The van der Waals surface area contributed by atoms with E-state index in [9.17, 15) is 34.5 Å². The lowest BCUT2D eigenvalue weighted by Crippen LogP contribution is -2.58. The molecule has 1 aliphatic heterocycles. The van der Waals surface area contributed by atoms with Gasteiger partial charge in [-0.1, -0.05) is 42.5 Å². The van der Waals surface area contributed by atoms with E-state index in [-0.39, 0.29) is 18.6 Å². The van der Waals surface area contributed by atoms with Gasteiger partial charge in [0, 0.05) is 13.0 Å². The van der Waals surface area contributed by atoms with Crippen molar-refractivity contribution in [3.05, 3.63) is 65.7 Å². The molecule has 0 unspecified atom stereocenters. The monoisotopic (exact) mass is 526 g/mol. The summed E-state index contributed by atoms with van der Waals surface area (Å²) in [6.45, 7) is 1.58. The summed E-state index contributed by atoms with van der Waals surface area (Å²) in [7, 11) is 0. The maximum atomic E-state index is 13.3. The number of nitrogens with two attached hydrogens (primary N) is 1. The minimum absolute atomic E-state index is 0.0750. The van der Waals surface area contributed by atoms with Gasteiger partial charge in [0.15, 0.2) is 6.04 Å². The van der Waals surface area contributed by atoms with Crippen molar-refractivity contribution >= 4 is 23.7 Å². The molecule has 1 aliphatic rings. The van der Waals surface area contributed by atoms with Crippen molar-refractivity contribution in [1.82, 2.24) is 15.5 Å². The van der Waals surface area contributed by atoms with Gasteiger partial charge in [0.05, 0.1) is 12.1 Å². The lowest BCUT2D eigenvalue weighted by molar-refractivity contribution is -0.145. The molecule has 204 valence electrons. The molecule has 0 saturated carbocycles. The molecule has 0 bridgehead atoms. The minimum atomic E-state index is -1.56. The molecule has 3 rings (SSSR count). The highest BCUT2D eigenvalue weighted by atomic mass is 16.4. The van der Waals surface area contributed by atoms with Crippen molar-refractivity contribution in [1.29, 1.82) is 0 Å². The maximum Gasteiger partial charge on any atom is 0.328 e. The van der Waals surface area contributed by atoms with E-state index < -0.39 is 54.0 Å². The van der Waals surface area contributed by atoms with Gasteiger partial charge in [-0.3, -0.25) is 14.4 Å². The van der Waals surface area contributed by atoms with Gasteiger partial charge in [-0.05, 0) is 49.4 Å². The van der Waals surface area contributed by atoms with Crippen LogP contribution in [0.4, 0.5) is 0 Å². The standard InChI is InChI=1S/C27H34N4O7/c1-16(32)23(27(37)38)30-24(34)21(15-17-6-3-2-4-7-17)29-25(35)22-8-5-13-31(22)26(36)20(28)14-18-9-11-19(33)12-10-18/h2-4,6-7,9-12,16,20-23,32-33H,5,8,13-15,28H2,1H3,(H,29,35)(H,30,34)(H,37,38)/t16-,20+,21+,22+,23+/m1/s1. The Bertz CT molecular complexity index is 1120. The Labute approximate surface area is 220 Å². The number of aliphatic hydroxyl groups excluding tert-OH is 1. The van der Waals surface area contributed by atoms with Crippen molar-refractivity contribution < 1.29 is 34.5 Å². The summed E-state index contributed by atoms with van der Waals surface area (Å²) in [6.07, 6.45) is -0.101. The first kappa shape index (κ1) is 28.6. The van der Waals surface area contributed by atoms with Crippen molar-refractivity contribution in [3.8, 4) is 5.75 Å². The van der Waals surface area contributed by atoms with Crippen LogP contribution in [0.2, 0.25) is 0 Å². The number of carboxylic acid groups (broad SMARTS) is 1. The average Bonchev–Trinajstić information content (AvgIpc) is 3.38. The van der Waals surface area contributed by atoms with Gasteiger partial charge in [0.1, 0.15) is 17.8 Å². The van der Waals surface area contributed by atoms with E-state index in [0.717, 1.165) is 11.1 Å². The summed E-state index contributed by atoms with van der Waals surface area (Å²) in [5.74, 6) is -3.03.